The maximum atomic E-state index is 12.0. The number of benzene rings is 1. The van der Waals surface area contributed by atoms with E-state index >= 15 is 0 Å². The first-order valence-corrected chi connectivity index (χ1v) is 10.7. The van der Waals surface area contributed by atoms with Crippen LogP contribution in [0.25, 0.3) is 11.1 Å². The van der Waals surface area contributed by atoms with Gasteiger partial charge in [-0.15, -0.1) is 11.3 Å². The fourth-order valence-electron chi connectivity index (χ4n) is 2.94. The smallest absolute Gasteiger partial charge is 0.419 e. The van der Waals surface area contributed by atoms with Crippen molar-refractivity contribution in [3.8, 4) is 0 Å². The van der Waals surface area contributed by atoms with Crippen molar-refractivity contribution in [1.82, 2.24) is 15.2 Å². The molecule has 1 aromatic carbocycles. The molecule has 3 rings (SSSR count). The van der Waals surface area contributed by atoms with Crippen LogP contribution in [0.4, 0.5) is 10.5 Å². The summed E-state index contributed by atoms with van der Waals surface area (Å²) >= 11 is 1.56. The second-order valence-electron chi connectivity index (χ2n) is 6.83. The minimum atomic E-state index is -0.768. The van der Waals surface area contributed by atoms with Crippen LogP contribution in [0.1, 0.15) is 17.7 Å². The van der Waals surface area contributed by atoms with Gasteiger partial charge in [0.2, 0.25) is 0 Å². The lowest BCUT2D eigenvalue weighted by molar-refractivity contribution is -0.384. The molecule has 0 fully saturated rings. The summed E-state index contributed by atoms with van der Waals surface area (Å²) in [6.45, 7) is -0.151. The summed E-state index contributed by atoms with van der Waals surface area (Å²) in [7, 11) is 0. The molecule has 33 heavy (non-hydrogen) atoms. The summed E-state index contributed by atoms with van der Waals surface area (Å²) in [5, 5.41) is 17.3. The highest BCUT2D eigenvalue weighted by Crippen LogP contribution is 2.20. The number of aryl methyl sites for hydroxylation is 1. The number of thiophene rings is 1. The molecule has 12 nitrogen and oxygen atoms in total. The predicted octanol–water partition coefficient (Wildman–Crippen LogP) is 1.96. The van der Waals surface area contributed by atoms with Gasteiger partial charge < -0.3 is 14.5 Å². The van der Waals surface area contributed by atoms with E-state index in [4.69, 9.17) is 9.15 Å². The molecule has 0 radical (unpaired) electrons. The molecule has 2 aromatic heterocycles. The molecular weight excluding hydrogens is 456 g/mol. The van der Waals surface area contributed by atoms with Gasteiger partial charge in [0.25, 0.3) is 11.6 Å². The molecular formula is C20H20N4O8S. The third-order valence-corrected chi connectivity index (χ3v) is 5.42. The van der Waals surface area contributed by atoms with Gasteiger partial charge >= 0.3 is 17.8 Å². The van der Waals surface area contributed by atoms with Crippen molar-refractivity contribution in [2.45, 2.75) is 25.8 Å². The number of ether oxygens (including phenoxy) is 1. The van der Waals surface area contributed by atoms with Crippen molar-refractivity contribution in [1.29, 1.82) is 0 Å². The van der Waals surface area contributed by atoms with Gasteiger partial charge in [-0.25, -0.2) is 9.59 Å². The molecule has 3 amide bonds. The van der Waals surface area contributed by atoms with E-state index in [2.05, 4.69) is 10.6 Å². The summed E-state index contributed by atoms with van der Waals surface area (Å²) in [6, 6.07) is 6.96. The Bertz CT molecular complexity index is 1210. The number of non-ortho nitro benzene ring substituents is 1. The van der Waals surface area contributed by atoms with Crippen molar-refractivity contribution >= 4 is 46.0 Å². The maximum absolute atomic E-state index is 12.0. The van der Waals surface area contributed by atoms with Crippen LogP contribution in [-0.4, -0.2) is 40.5 Å². The molecule has 0 aliphatic heterocycles. The van der Waals surface area contributed by atoms with Gasteiger partial charge in [-0.2, -0.15) is 0 Å². The molecule has 0 spiro atoms. The molecule has 0 unspecified atom stereocenters. The number of hydrogen-bond acceptors (Lipinski definition) is 9. The van der Waals surface area contributed by atoms with Gasteiger partial charge in [0.1, 0.15) is 0 Å². The van der Waals surface area contributed by atoms with E-state index in [0.717, 1.165) is 10.9 Å². The van der Waals surface area contributed by atoms with E-state index in [-0.39, 0.29) is 30.7 Å². The fraction of sp³-hybridized carbons (Fsp3) is 0.300. The second-order valence-corrected chi connectivity index (χ2v) is 7.86. The lowest BCUT2D eigenvalue weighted by Crippen LogP contribution is -2.42. The molecule has 0 atom stereocenters. The maximum Gasteiger partial charge on any atom is 0.419 e. The number of urea groups is 1. The number of hydrogen-bond donors (Lipinski definition) is 2. The lowest BCUT2D eigenvalue weighted by atomic mass is 10.2. The number of amides is 3. The van der Waals surface area contributed by atoms with Gasteiger partial charge in [0.15, 0.2) is 12.2 Å². The van der Waals surface area contributed by atoms with Crippen LogP contribution in [-0.2, 0) is 27.3 Å². The van der Waals surface area contributed by atoms with E-state index in [9.17, 15) is 29.3 Å². The predicted molar refractivity (Wildman–Crippen MR) is 117 cm³/mol. The zero-order valence-electron chi connectivity index (χ0n) is 17.3. The van der Waals surface area contributed by atoms with Gasteiger partial charge in [0.05, 0.1) is 16.5 Å². The monoisotopic (exact) mass is 476 g/mol. The molecule has 3 aromatic rings. The van der Waals surface area contributed by atoms with Crippen LogP contribution < -0.4 is 16.4 Å². The number of nitrogens with zero attached hydrogens (tertiary/aromatic N) is 2. The van der Waals surface area contributed by atoms with Crippen molar-refractivity contribution in [3.63, 3.8) is 0 Å². The number of imide groups is 1. The Morgan fingerprint density at radius 1 is 1.24 bits per heavy atom. The number of aromatic nitrogens is 1. The highest BCUT2D eigenvalue weighted by atomic mass is 32.1. The van der Waals surface area contributed by atoms with Crippen molar-refractivity contribution in [2.24, 2.45) is 0 Å². The van der Waals surface area contributed by atoms with E-state index in [1.165, 1.54) is 16.7 Å². The highest BCUT2D eigenvalue weighted by molar-refractivity contribution is 7.09. The first-order valence-electron chi connectivity index (χ1n) is 9.87. The third kappa shape index (κ3) is 6.74. The number of nitrogens with one attached hydrogen (secondary N) is 2. The van der Waals surface area contributed by atoms with Crippen LogP contribution >= 0.6 is 11.3 Å². The summed E-state index contributed by atoms with van der Waals surface area (Å²) in [6.07, 6.45) is 0.752. The van der Waals surface area contributed by atoms with E-state index in [1.54, 1.807) is 11.3 Å². The molecule has 0 saturated carbocycles. The summed E-state index contributed by atoms with van der Waals surface area (Å²) < 4.78 is 11.1. The summed E-state index contributed by atoms with van der Waals surface area (Å²) in [5.41, 5.74) is 0.229. The molecule has 0 saturated heterocycles. The number of oxazole rings is 1. The Kier molecular flexibility index (Phi) is 7.91. The van der Waals surface area contributed by atoms with Gasteiger partial charge in [-0.1, -0.05) is 6.07 Å². The average Bonchev–Trinajstić information content (AvgIpc) is 3.39. The SMILES string of the molecule is O=C(COC(=O)CCCn1c(=O)oc2cc([N+](=O)[O-])ccc21)NC(=O)NCCc1cccs1. The summed E-state index contributed by atoms with van der Waals surface area (Å²) in [5.74, 6) is -2.15. The normalized spacial score (nSPS) is 10.7. The molecule has 0 aliphatic carbocycles. The first kappa shape index (κ1) is 23.7. The van der Waals surface area contributed by atoms with Crippen molar-refractivity contribution < 1.29 is 28.5 Å². The van der Waals surface area contributed by atoms with E-state index in [1.807, 2.05) is 17.5 Å². The zero-order chi connectivity index (χ0) is 23.8. The number of fused-ring (bicyclic) bond motifs is 1. The molecule has 0 aliphatic rings. The molecule has 0 bridgehead atoms. The summed E-state index contributed by atoms with van der Waals surface area (Å²) in [4.78, 5) is 58.5. The minimum Gasteiger partial charge on any atom is -0.456 e. The largest absolute Gasteiger partial charge is 0.456 e. The third-order valence-electron chi connectivity index (χ3n) is 4.48. The number of carbonyl (C=O) groups is 3. The molecule has 2 heterocycles. The quantitative estimate of drug-likeness (QED) is 0.255. The van der Waals surface area contributed by atoms with Crippen LogP contribution in [0.3, 0.4) is 0 Å². The Labute approximate surface area is 190 Å². The Balaban J connectivity index is 1.37. The standard InChI is InChI=1S/C20H20N4O8S/c25-17(22-19(27)21-8-7-14-3-2-10-33-14)12-31-18(26)4-1-9-23-15-6-5-13(24(29)30)11-16(15)32-20(23)28/h2-3,5-6,10-11H,1,4,7-9,12H2,(H2,21,22,25,27). The number of rotatable bonds is 10. The van der Waals surface area contributed by atoms with Crippen LogP contribution in [0.2, 0.25) is 0 Å². The molecule has 174 valence electrons. The first-order chi connectivity index (χ1) is 15.8. The van der Waals surface area contributed by atoms with Crippen molar-refractivity contribution in [3.05, 3.63) is 61.3 Å². The van der Waals surface area contributed by atoms with Gasteiger partial charge in [-0.05, 0) is 30.4 Å². The number of esters is 1. The number of carbonyl (C=O) groups excluding carboxylic acids is 3. The van der Waals surface area contributed by atoms with Crippen LogP contribution in [0, 0.1) is 10.1 Å². The number of nitro groups is 1. The molecule has 13 heteroatoms. The minimum absolute atomic E-state index is 0.0714. The second kappa shape index (κ2) is 11.0. The van der Waals surface area contributed by atoms with Gasteiger partial charge in [0, 0.05) is 30.5 Å². The Morgan fingerprint density at radius 3 is 2.79 bits per heavy atom. The van der Waals surface area contributed by atoms with E-state index in [0.29, 0.717) is 18.5 Å². The lowest BCUT2D eigenvalue weighted by Gasteiger charge is -2.07. The van der Waals surface area contributed by atoms with Gasteiger partial charge in [-0.3, -0.25) is 29.6 Å². The zero-order valence-corrected chi connectivity index (χ0v) is 18.1. The topological polar surface area (TPSA) is 163 Å². The Hall–Kier alpha value is -4.00. The van der Waals surface area contributed by atoms with Crippen molar-refractivity contribution in [2.75, 3.05) is 13.2 Å². The van der Waals surface area contributed by atoms with E-state index < -0.39 is 35.2 Å². The highest BCUT2D eigenvalue weighted by Gasteiger charge is 2.15. The Morgan fingerprint density at radius 2 is 2.06 bits per heavy atom. The van der Waals surface area contributed by atoms with Crippen LogP contribution in [0.5, 0.6) is 0 Å². The fourth-order valence-corrected chi connectivity index (χ4v) is 3.65. The molecule has 2 N–H and O–H groups in total. The average molecular weight is 476 g/mol. The number of nitro benzene ring substituents is 1. The van der Waals surface area contributed by atoms with Crippen LogP contribution in [0.15, 0.2) is 44.9 Å².